The quantitative estimate of drug-likeness (QED) is 0.894. The van der Waals surface area contributed by atoms with Gasteiger partial charge in [0, 0.05) is 24.0 Å². The smallest absolute Gasteiger partial charge is 0.133 e. The van der Waals surface area contributed by atoms with Crippen molar-refractivity contribution in [2.45, 2.75) is 26.4 Å². The van der Waals surface area contributed by atoms with Crippen molar-refractivity contribution in [1.29, 1.82) is 0 Å². The van der Waals surface area contributed by atoms with E-state index in [0.29, 0.717) is 0 Å². The van der Waals surface area contributed by atoms with Crippen molar-refractivity contribution in [3.63, 3.8) is 0 Å². The van der Waals surface area contributed by atoms with E-state index in [4.69, 9.17) is 0 Å². The van der Waals surface area contributed by atoms with Gasteiger partial charge in [0.2, 0.25) is 0 Å². The van der Waals surface area contributed by atoms with Crippen LogP contribution < -0.4 is 4.90 Å². The summed E-state index contributed by atoms with van der Waals surface area (Å²) in [5, 5.41) is 9.66. The number of hydrogen-bond donors (Lipinski definition) is 1. The fourth-order valence-electron chi connectivity index (χ4n) is 2.71. The number of nitrogens with zero attached hydrogens (tertiary/aromatic N) is 2. The maximum absolute atomic E-state index is 9.66. The highest BCUT2D eigenvalue weighted by atomic mass is 16.3. The molecule has 3 nitrogen and oxygen atoms in total. The van der Waals surface area contributed by atoms with E-state index >= 15 is 0 Å². The van der Waals surface area contributed by atoms with E-state index in [1.54, 1.807) is 13.1 Å². The van der Waals surface area contributed by atoms with Gasteiger partial charge < -0.3 is 10.0 Å². The van der Waals surface area contributed by atoms with E-state index < -0.39 is 6.10 Å². The van der Waals surface area contributed by atoms with Gasteiger partial charge in [-0.2, -0.15) is 0 Å². The van der Waals surface area contributed by atoms with Crippen LogP contribution in [0.15, 0.2) is 36.5 Å². The molecule has 1 aliphatic heterocycles. The molecule has 3 heteroatoms. The zero-order valence-corrected chi connectivity index (χ0v) is 11.3. The number of hydrogen-bond acceptors (Lipinski definition) is 3. The summed E-state index contributed by atoms with van der Waals surface area (Å²) < 4.78 is 0. The van der Waals surface area contributed by atoms with Crippen LogP contribution in [0.1, 0.15) is 29.7 Å². The van der Waals surface area contributed by atoms with Crippen molar-refractivity contribution in [3.05, 3.63) is 53.2 Å². The van der Waals surface area contributed by atoms with Crippen LogP contribution >= 0.6 is 0 Å². The number of aromatic nitrogens is 1. The average Bonchev–Trinajstić information content (AvgIpc) is 2.82. The lowest BCUT2D eigenvalue weighted by molar-refractivity contribution is 0.198. The molecule has 1 aliphatic rings. The summed E-state index contributed by atoms with van der Waals surface area (Å²) in [7, 11) is 0. The van der Waals surface area contributed by atoms with Crippen LogP contribution in [0.4, 0.5) is 11.5 Å². The molecular weight excluding hydrogens is 236 g/mol. The Labute approximate surface area is 113 Å². The second-order valence-electron chi connectivity index (χ2n) is 5.11. The summed E-state index contributed by atoms with van der Waals surface area (Å²) in [6.45, 7) is 4.77. The molecule has 0 saturated heterocycles. The summed E-state index contributed by atoms with van der Waals surface area (Å²) in [6, 6.07) is 10.5. The van der Waals surface area contributed by atoms with Crippen LogP contribution in [0, 0.1) is 6.92 Å². The largest absolute Gasteiger partial charge is 0.389 e. The van der Waals surface area contributed by atoms with Crippen LogP contribution in [0.5, 0.6) is 0 Å². The Balaban J connectivity index is 1.99. The maximum Gasteiger partial charge on any atom is 0.133 e. The Morgan fingerprint density at radius 2 is 2.11 bits per heavy atom. The standard InChI is InChI=1S/C16H18N2O/c1-11-9-16(17-10-14(11)12(2)19)18-8-7-13-5-3-4-6-15(13)18/h3-6,9-10,12,19H,7-8H2,1-2H3/t12-/m1/s1. The SMILES string of the molecule is Cc1cc(N2CCc3ccccc32)ncc1[C@@H](C)O. The molecule has 0 radical (unpaired) electrons. The first-order valence-electron chi connectivity index (χ1n) is 6.67. The molecule has 0 bridgehead atoms. The van der Waals surface area contributed by atoms with Gasteiger partial charge in [-0.05, 0) is 43.5 Å². The number of aliphatic hydroxyl groups excluding tert-OH is 1. The zero-order valence-electron chi connectivity index (χ0n) is 11.3. The van der Waals surface area contributed by atoms with Gasteiger partial charge >= 0.3 is 0 Å². The molecule has 19 heavy (non-hydrogen) atoms. The van der Waals surface area contributed by atoms with Crippen LogP contribution in [-0.4, -0.2) is 16.6 Å². The van der Waals surface area contributed by atoms with Crippen LogP contribution in [0.3, 0.4) is 0 Å². The third-order valence-electron chi connectivity index (χ3n) is 3.75. The predicted molar refractivity (Wildman–Crippen MR) is 76.8 cm³/mol. The first kappa shape index (κ1) is 12.2. The number of para-hydroxylation sites is 1. The molecule has 2 aromatic rings. The number of anilines is 2. The Kier molecular flexibility index (Phi) is 2.99. The maximum atomic E-state index is 9.66. The number of rotatable bonds is 2. The van der Waals surface area contributed by atoms with Gasteiger partial charge in [0.25, 0.3) is 0 Å². The van der Waals surface area contributed by atoms with Crippen molar-refractivity contribution in [2.75, 3.05) is 11.4 Å². The van der Waals surface area contributed by atoms with Crippen LogP contribution in [-0.2, 0) is 6.42 Å². The van der Waals surface area contributed by atoms with E-state index in [1.165, 1.54) is 11.3 Å². The molecule has 0 saturated carbocycles. The van der Waals surface area contributed by atoms with Crippen molar-refractivity contribution in [1.82, 2.24) is 4.98 Å². The fourth-order valence-corrected chi connectivity index (χ4v) is 2.71. The third kappa shape index (κ3) is 2.10. The van der Waals surface area contributed by atoms with E-state index in [1.807, 2.05) is 6.92 Å². The summed E-state index contributed by atoms with van der Waals surface area (Å²) >= 11 is 0. The molecule has 0 amide bonds. The zero-order chi connectivity index (χ0) is 13.4. The molecule has 0 spiro atoms. The minimum atomic E-state index is -0.465. The average molecular weight is 254 g/mol. The molecule has 0 unspecified atom stereocenters. The lowest BCUT2D eigenvalue weighted by atomic mass is 10.1. The topological polar surface area (TPSA) is 36.4 Å². The molecule has 0 fully saturated rings. The molecule has 1 N–H and O–H groups in total. The van der Waals surface area contributed by atoms with Gasteiger partial charge in [0.1, 0.15) is 5.82 Å². The monoisotopic (exact) mass is 254 g/mol. The fraction of sp³-hybridized carbons (Fsp3) is 0.312. The normalized spacial score (nSPS) is 15.4. The summed E-state index contributed by atoms with van der Waals surface area (Å²) in [4.78, 5) is 6.75. The Hall–Kier alpha value is -1.87. The summed E-state index contributed by atoms with van der Waals surface area (Å²) in [5.74, 6) is 0.965. The van der Waals surface area contributed by atoms with E-state index in [2.05, 4.69) is 40.2 Å². The number of benzene rings is 1. The van der Waals surface area contributed by atoms with E-state index in [-0.39, 0.29) is 0 Å². The predicted octanol–water partition coefficient (Wildman–Crippen LogP) is 3.14. The van der Waals surface area contributed by atoms with Crippen LogP contribution in [0.2, 0.25) is 0 Å². The van der Waals surface area contributed by atoms with Crippen molar-refractivity contribution >= 4 is 11.5 Å². The lowest BCUT2D eigenvalue weighted by Gasteiger charge is -2.20. The highest BCUT2D eigenvalue weighted by Crippen LogP contribution is 2.34. The molecule has 98 valence electrons. The minimum Gasteiger partial charge on any atom is -0.389 e. The first-order valence-corrected chi connectivity index (χ1v) is 6.67. The van der Waals surface area contributed by atoms with Crippen LogP contribution in [0.25, 0.3) is 0 Å². The Bertz CT molecular complexity index is 607. The molecule has 2 heterocycles. The van der Waals surface area contributed by atoms with Gasteiger partial charge in [-0.1, -0.05) is 18.2 Å². The van der Waals surface area contributed by atoms with Crippen molar-refractivity contribution in [3.8, 4) is 0 Å². The second kappa shape index (κ2) is 4.67. The molecular formula is C16H18N2O. The summed E-state index contributed by atoms with van der Waals surface area (Å²) in [6.07, 6.45) is 2.39. The number of fused-ring (bicyclic) bond motifs is 1. The van der Waals surface area contributed by atoms with E-state index in [0.717, 1.165) is 29.9 Å². The Morgan fingerprint density at radius 3 is 2.84 bits per heavy atom. The van der Waals surface area contributed by atoms with Gasteiger partial charge in [-0.15, -0.1) is 0 Å². The summed E-state index contributed by atoms with van der Waals surface area (Å²) in [5.41, 5.74) is 4.61. The first-order chi connectivity index (χ1) is 9.16. The van der Waals surface area contributed by atoms with Gasteiger partial charge in [0.05, 0.1) is 6.10 Å². The second-order valence-corrected chi connectivity index (χ2v) is 5.11. The number of pyridine rings is 1. The van der Waals surface area contributed by atoms with Gasteiger partial charge in [-0.3, -0.25) is 0 Å². The minimum absolute atomic E-state index is 0.465. The molecule has 1 aromatic heterocycles. The Morgan fingerprint density at radius 1 is 1.32 bits per heavy atom. The molecule has 3 rings (SSSR count). The van der Waals surface area contributed by atoms with Crippen molar-refractivity contribution < 1.29 is 5.11 Å². The lowest BCUT2D eigenvalue weighted by Crippen LogP contribution is -2.15. The highest BCUT2D eigenvalue weighted by molar-refractivity contribution is 5.67. The van der Waals surface area contributed by atoms with Crippen molar-refractivity contribution in [2.24, 2.45) is 0 Å². The van der Waals surface area contributed by atoms with Gasteiger partial charge in [0.15, 0.2) is 0 Å². The highest BCUT2D eigenvalue weighted by Gasteiger charge is 2.21. The molecule has 0 aliphatic carbocycles. The third-order valence-corrected chi connectivity index (χ3v) is 3.75. The molecule has 1 aromatic carbocycles. The number of aliphatic hydroxyl groups is 1. The number of aryl methyl sites for hydroxylation is 1. The molecule has 1 atom stereocenters. The van der Waals surface area contributed by atoms with E-state index in [9.17, 15) is 5.11 Å². The van der Waals surface area contributed by atoms with Gasteiger partial charge in [-0.25, -0.2) is 4.98 Å².